The maximum absolute atomic E-state index is 5.25. The lowest BCUT2D eigenvalue weighted by Crippen LogP contribution is -1.92. The molecule has 0 radical (unpaired) electrons. The number of rotatable bonds is 5. The van der Waals surface area contributed by atoms with Crippen molar-refractivity contribution in [2.45, 2.75) is 12.8 Å². The highest BCUT2D eigenvalue weighted by Gasteiger charge is 2.13. The predicted molar refractivity (Wildman–Crippen MR) is 82.6 cm³/mol. The third-order valence-electron chi connectivity index (χ3n) is 2.97. The fourth-order valence-corrected chi connectivity index (χ4v) is 3.24. The van der Waals surface area contributed by atoms with Gasteiger partial charge >= 0.3 is 0 Å². The Morgan fingerprint density at radius 1 is 0.773 bits per heavy atom. The van der Waals surface area contributed by atoms with Gasteiger partial charge in [0.15, 0.2) is 0 Å². The van der Waals surface area contributed by atoms with Gasteiger partial charge in [-0.1, -0.05) is 22.4 Å². The topological polar surface area (TPSA) is 77.8 Å². The van der Waals surface area contributed by atoms with Crippen molar-refractivity contribution in [1.29, 1.82) is 0 Å². The molecule has 4 heterocycles. The van der Waals surface area contributed by atoms with Crippen molar-refractivity contribution in [2.24, 2.45) is 0 Å². The van der Waals surface area contributed by atoms with E-state index >= 15 is 0 Å². The van der Waals surface area contributed by atoms with E-state index in [-0.39, 0.29) is 0 Å². The highest BCUT2D eigenvalue weighted by Crippen LogP contribution is 2.23. The number of aryl methyl sites for hydroxylation is 2. The Balaban J connectivity index is 1.43. The minimum absolute atomic E-state index is 0.569. The second-order valence-electron chi connectivity index (χ2n) is 4.48. The summed E-state index contributed by atoms with van der Waals surface area (Å²) in [4.78, 5) is 10.7. The third kappa shape index (κ3) is 2.70. The molecule has 0 spiro atoms. The summed E-state index contributed by atoms with van der Waals surface area (Å²) in [6.45, 7) is 0. The first-order valence-corrected chi connectivity index (χ1v) is 8.37. The lowest BCUT2D eigenvalue weighted by molar-refractivity contribution is 0.354. The summed E-state index contributed by atoms with van der Waals surface area (Å²) >= 11 is 3.16. The van der Waals surface area contributed by atoms with Crippen LogP contribution in [0.4, 0.5) is 0 Å². The van der Waals surface area contributed by atoms with E-state index in [1.165, 1.54) is 0 Å². The van der Waals surface area contributed by atoms with Gasteiger partial charge in [-0.3, -0.25) is 0 Å². The molecule has 4 aromatic heterocycles. The average molecular weight is 330 g/mol. The van der Waals surface area contributed by atoms with Crippen molar-refractivity contribution < 1.29 is 9.05 Å². The molecule has 110 valence electrons. The summed E-state index contributed by atoms with van der Waals surface area (Å²) in [6.07, 6.45) is 1.15. The van der Waals surface area contributed by atoms with Gasteiger partial charge in [-0.15, -0.1) is 22.7 Å². The van der Waals surface area contributed by atoms with Gasteiger partial charge in [0, 0.05) is 12.8 Å². The Bertz CT molecular complexity index is 777. The van der Waals surface area contributed by atoms with Gasteiger partial charge in [-0.2, -0.15) is 9.97 Å². The average Bonchev–Trinajstić information content (AvgIpc) is 3.33. The third-order valence-corrected chi connectivity index (χ3v) is 4.70. The molecule has 6 nitrogen and oxygen atoms in total. The molecule has 0 N–H and O–H groups in total. The van der Waals surface area contributed by atoms with E-state index in [0.29, 0.717) is 36.3 Å². The van der Waals surface area contributed by atoms with Gasteiger partial charge in [0.05, 0.1) is 9.75 Å². The summed E-state index contributed by atoms with van der Waals surface area (Å²) in [7, 11) is 0. The fourth-order valence-electron chi connectivity index (χ4n) is 1.94. The van der Waals surface area contributed by atoms with Crippen molar-refractivity contribution in [3.8, 4) is 21.4 Å². The molecule has 0 aliphatic carbocycles. The zero-order valence-electron chi connectivity index (χ0n) is 11.3. The minimum atomic E-state index is 0.569. The Labute approximate surface area is 133 Å². The van der Waals surface area contributed by atoms with Crippen LogP contribution in [-0.4, -0.2) is 20.3 Å². The lowest BCUT2D eigenvalue weighted by Gasteiger charge is -1.88. The largest absolute Gasteiger partial charge is 0.339 e. The fraction of sp³-hybridized carbons (Fsp3) is 0.143. The van der Waals surface area contributed by atoms with Crippen molar-refractivity contribution in [3.05, 3.63) is 46.8 Å². The summed E-state index contributed by atoms with van der Waals surface area (Å²) in [5.41, 5.74) is 0. The van der Waals surface area contributed by atoms with Gasteiger partial charge in [-0.25, -0.2) is 0 Å². The molecule has 4 aromatic rings. The van der Waals surface area contributed by atoms with Crippen LogP contribution in [0.5, 0.6) is 0 Å². The molecule has 0 aliphatic rings. The molecule has 0 aromatic carbocycles. The Kier molecular flexibility index (Phi) is 3.53. The zero-order valence-corrected chi connectivity index (χ0v) is 12.9. The predicted octanol–water partition coefficient (Wildman–Crippen LogP) is 3.69. The number of hydrogen-bond donors (Lipinski definition) is 0. The summed E-state index contributed by atoms with van der Waals surface area (Å²) < 4.78 is 10.5. The van der Waals surface area contributed by atoms with Crippen LogP contribution in [0.1, 0.15) is 11.8 Å². The quantitative estimate of drug-likeness (QED) is 0.555. The summed E-state index contributed by atoms with van der Waals surface area (Å²) in [5.74, 6) is 2.38. The molecule has 22 heavy (non-hydrogen) atoms. The highest BCUT2D eigenvalue weighted by atomic mass is 32.1. The monoisotopic (exact) mass is 330 g/mol. The highest BCUT2D eigenvalue weighted by molar-refractivity contribution is 7.13. The maximum Gasteiger partial charge on any atom is 0.227 e. The molecule has 0 fully saturated rings. The van der Waals surface area contributed by atoms with E-state index in [1.54, 1.807) is 22.7 Å². The normalized spacial score (nSPS) is 11.1. The molecule has 0 amide bonds. The molecule has 0 aliphatic heterocycles. The molecule has 0 bridgehead atoms. The minimum Gasteiger partial charge on any atom is -0.339 e. The second kappa shape index (κ2) is 5.82. The van der Waals surface area contributed by atoms with Crippen molar-refractivity contribution in [2.75, 3.05) is 0 Å². The number of hydrogen-bond acceptors (Lipinski definition) is 8. The van der Waals surface area contributed by atoms with Crippen LogP contribution in [-0.2, 0) is 12.8 Å². The molecule has 0 unspecified atom stereocenters. The van der Waals surface area contributed by atoms with Crippen molar-refractivity contribution >= 4 is 22.7 Å². The first-order chi connectivity index (χ1) is 10.9. The van der Waals surface area contributed by atoms with Crippen molar-refractivity contribution in [1.82, 2.24) is 20.3 Å². The van der Waals surface area contributed by atoms with Gasteiger partial charge in [0.25, 0.3) is 0 Å². The maximum atomic E-state index is 5.25. The first kappa shape index (κ1) is 13.4. The van der Waals surface area contributed by atoms with Gasteiger partial charge < -0.3 is 9.05 Å². The Morgan fingerprint density at radius 2 is 1.27 bits per heavy atom. The van der Waals surface area contributed by atoms with Crippen LogP contribution in [0.25, 0.3) is 21.4 Å². The van der Waals surface area contributed by atoms with Crippen LogP contribution in [0.3, 0.4) is 0 Å². The standard InChI is InChI=1S/C14H10N4O2S2/c1-3-9(21-7-1)13-15-11(19-17-13)5-6-12-16-14(18-20-12)10-4-2-8-22-10/h1-4,7-8H,5-6H2. The number of aromatic nitrogens is 4. The Morgan fingerprint density at radius 3 is 1.68 bits per heavy atom. The number of thiophene rings is 2. The van der Waals surface area contributed by atoms with Crippen molar-refractivity contribution in [3.63, 3.8) is 0 Å². The van der Waals surface area contributed by atoms with Gasteiger partial charge in [0.1, 0.15) is 0 Å². The molecule has 8 heteroatoms. The van der Waals surface area contributed by atoms with Crippen LogP contribution in [0.2, 0.25) is 0 Å². The van der Waals surface area contributed by atoms with E-state index in [1.807, 2.05) is 35.0 Å². The van der Waals surface area contributed by atoms with E-state index in [2.05, 4.69) is 20.3 Å². The molecular formula is C14H10N4O2S2. The van der Waals surface area contributed by atoms with Gasteiger partial charge in [0.2, 0.25) is 23.4 Å². The van der Waals surface area contributed by atoms with E-state index in [9.17, 15) is 0 Å². The molecule has 0 atom stereocenters. The second-order valence-corrected chi connectivity index (χ2v) is 6.37. The molecule has 4 rings (SSSR count). The summed E-state index contributed by atoms with van der Waals surface area (Å²) in [5, 5.41) is 11.9. The SMILES string of the molecule is c1csc(-c2noc(CCc3nc(-c4cccs4)no3)n2)c1. The van der Waals surface area contributed by atoms with Crippen LogP contribution < -0.4 is 0 Å². The van der Waals surface area contributed by atoms with E-state index in [0.717, 1.165) is 9.75 Å². The van der Waals surface area contributed by atoms with Crippen LogP contribution in [0.15, 0.2) is 44.1 Å². The van der Waals surface area contributed by atoms with Crippen LogP contribution in [0, 0.1) is 0 Å². The number of nitrogens with zero attached hydrogens (tertiary/aromatic N) is 4. The first-order valence-electron chi connectivity index (χ1n) is 6.61. The van der Waals surface area contributed by atoms with Crippen LogP contribution >= 0.6 is 22.7 Å². The molecule has 0 saturated heterocycles. The zero-order chi connectivity index (χ0) is 14.8. The van der Waals surface area contributed by atoms with Gasteiger partial charge in [-0.05, 0) is 22.9 Å². The smallest absolute Gasteiger partial charge is 0.227 e. The lowest BCUT2D eigenvalue weighted by atomic mass is 10.3. The summed E-state index contributed by atoms with van der Waals surface area (Å²) in [6, 6.07) is 7.84. The Hall–Kier alpha value is -2.32. The molecule has 0 saturated carbocycles. The van der Waals surface area contributed by atoms with E-state index < -0.39 is 0 Å². The van der Waals surface area contributed by atoms with E-state index in [4.69, 9.17) is 9.05 Å². The molecular weight excluding hydrogens is 320 g/mol.